The predicted octanol–water partition coefficient (Wildman–Crippen LogP) is 6.74. The summed E-state index contributed by atoms with van der Waals surface area (Å²) in [7, 11) is 0. The highest BCUT2D eigenvalue weighted by molar-refractivity contribution is 6.00. The average Bonchev–Trinajstić information content (AvgIpc) is 2.68. The monoisotopic (exact) mass is 308 g/mol. The fourth-order valence-electron chi connectivity index (χ4n) is 3.40. The Bertz CT molecular complexity index is 967. The third-order valence-corrected chi connectivity index (χ3v) is 4.68. The third-order valence-electron chi connectivity index (χ3n) is 4.68. The Morgan fingerprint density at radius 3 is 1.88 bits per heavy atom. The Labute approximate surface area is 143 Å². The van der Waals surface area contributed by atoms with Gasteiger partial charge in [-0.1, -0.05) is 91.9 Å². The molecule has 4 aromatic carbocycles. The summed E-state index contributed by atoms with van der Waals surface area (Å²) < 4.78 is 0. The highest BCUT2D eigenvalue weighted by Crippen LogP contribution is 2.34. The number of hydrogen-bond acceptors (Lipinski definition) is 0. The van der Waals surface area contributed by atoms with E-state index in [9.17, 15) is 0 Å². The summed E-state index contributed by atoms with van der Waals surface area (Å²) in [6, 6.07) is 32.7. The summed E-state index contributed by atoms with van der Waals surface area (Å²) in [5.74, 6) is 0. The molecule has 0 saturated carbocycles. The summed E-state index contributed by atoms with van der Waals surface area (Å²) in [5.41, 5.74) is 6.52. The fourth-order valence-corrected chi connectivity index (χ4v) is 3.40. The van der Waals surface area contributed by atoms with Crippen molar-refractivity contribution < 1.29 is 0 Å². The largest absolute Gasteiger partial charge is 0.0622 e. The zero-order valence-corrected chi connectivity index (χ0v) is 13.9. The zero-order valence-electron chi connectivity index (χ0n) is 13.9. The van der Waals surface area contributed by atoms with Crippen LogP contribution in [0, 0.1) is 0 Å². The van der Waals surface area contributed by atoms with Crippen molar-refractivity contribution in [3.8, 4) is 22.3 Å². The molecule has 0 aromatic heterocycles. The van der Waals surface area contributed by atoms with Crippen molar-refractivity contribution in [2.24, 2.45) is 0 Å². The minimum atomic E-state index is 1.05. The van der Waals surface area contributed by atoms with Gasteiger partial charge in [-0.2, -0.15) is 0 Å². The molecule has 0 heterocycles. The highest BCUT2D eigenvalue weighted by atomic mass is 14.1. The minimum absolute atomic E-state index is 1.05. The van der Waals surface area contributed by atoms with Gasteiger partial charge < -0.3 is 0 Å². The van der Waals surface area contributed by atoms with Crippen LogP contribution in [-0.2, 0) is 6.42 Å². The van der Waals surface area contributed by atoms with Gasteiger partial charge in [-0.3, -0.25) is 0 Å². The molecule has 4 rings (SSSR count). The SMILES string of the molecule is CCc1ccc(-c2ccccc2)c2cc(-c3ccccc3)ccc12. The van der Waals surface area contributed by atoms with Crippen LogP contribution in [0.15, 0.2) is 91.0 Å². The van der Waals surface area contributed by atoms with Gasteiger partial charge in [0.1, 0.15) is 0 Å². The molecule has 0 heteroatoms. The van der Waals surface area contributed by atoms with E-state index in [4.69, 9.17) is 0 Å². The fraction of sp³-hybridized carbons (Fsp3) is 0.0833. The molecule has 0 amide bonds. The van der Waals surface area contributed by atoms with Gasteiger partial charge in [0.15, 0.2) is 0 Å². The Hall–Kier alpha value is -2.86. The molecule has 0 unspecified atom stereocenters. The van der Waals surface area contributed by atoms with Crippen molar-refractivity contribution in [2.45, 2.75) is 13.3 Å². The van der Waals surface area contributed by atoms with E-state index < -0.39 is 0 Å². The van der Waals surface area contributed by atoms with Crippen molar-refractivity contribution in [1.82, 2.24) is 0 Å². The smallest absolute Gasteiger partial charge is 0.00965 e. The third kappa shape index (κ3) is 2.61. The first-order chi connectivity index (χ1) is 11.9. The summed E-state index contributed by atoms with van der Waals surface area (Å²) in [5, 5.41) is 2.69. The van der Waals surface area contributed by atoms with E-state index >= 15 is 0 Å². The second-order valence-electron chi connectivity index (χ2n) is 6.12. The van der Waals surface area contributed by atoms with Gasteiger partial charge in [0, 0.05) is 0 Å². The summed E-state index contributed by atoms with van der Waals surface area (Å²) in [6.07, 6.45) is 1.05. The molecule has 116 valence electrons. The van der Waals surface area contributed by atoms with E-state index in [2.05, 4.69) is 97.9 Å². The molecule has 0 fully saturated rings. The Balaban J connectivity index is 1.99. The quantitative estimate of drug-likeness (QED) is 0.393. The molecule has 24 heavy (non-hydrogen) atoms. The Morgan fingerprint density at radius 1 is 0.542 bits per heavy atom. The molecule has 0 spiro atoms. The van der Waals surface area contributed by atoms with E-state index in [-0.39, 0.29) is 0 Å². The highest BCUT2D eigenvalue weighted by Gasteiger charge is 2.08. The maximum Gasteiger partial charge on any atom is -0.00965 e. The van der Waals surface area contributed by atoms with E-state index in [1.807, 2.05) is 0 Å². The lowest BCUT2D eigenvalue weighted by Gasteiger charge is -2.13. The second kappa shape index (κ2) is 6.33. The molecule has 0 nitrogen and oxygen atoms in total. The summed E-state index contributed by atoms with van der Waals surface area (Å²) >= 11 is 0. The Kier molecular flexibility index (Phi) is 3.88. The lowest BCUT2D eigenvalue weighted by molar-refractivity contribution is 1.16. The first-order valence-electron chi connectivity index (χ1n) is 8.53. The van der Waals surface area contributed by atoms with Crippen molar-refractivity contribution >= 4 is 10.8 Å². The number of aryl methyl sites for hydroxylation is 1. The molecular weight excluding hydrogens is 288 g/mol. The first-order valence-corrected chi connectivity index (χ1v) is 8.53. The van der Waals surface area contributed by atoms with Crippen LogP contribution < -0.4 is 0 Å². The molecule has 0 radical (unpaired) electrons. The van der Waals surface area contributed by atoms with Gasteiger partial charge in [-0.15, -0.1) is 0 Å². The summed E-state index contributed by atoms with van der Waals surface area (Å²) in [4.78, 5) is 0. The molecule has 4 aromatic rings. The maximum atomic E-state index is 2.34. The molecular formula is C24H20. The van der Waals surface area contributed by atoms with Crippen molar-refractivity contribution in [3.63, 3.8) is 0 Å². The van der Waals surface area contributed by atoms with E-state index in [0.717, 1.165) is 6.42 Å². The lowest BCUT2D eigenvalue weighted by atomic mass is 9.91. The molecule has 0 aliphatic heterocycles. The topological polar surface area (TPSA) is 0 Å². The minimum Gasteiger partial charge on any atom is -0.0622 e. The van der Waals surface area contributed by atoms with Crippen LogP contribution >= 0.6 is 0 Å². The Morgan fingerprint density at radius 2 is 1.21 bits per heavy atom. The summed E-state index contributed by atoms with van der Waals surface area (Å²) in [6.45, 7) is 2.22. The van der Waals surface area contributed by atoms with Gasteiger partial charge >= 0.3 is 0 Å². The molecule has 0 N–H and O–H groups in total. The lowest BCUT2D eigenvalue weighted by Crippen LogP contribution is -1.89. The zero-order chi connectivity index (χ0) is 16.4. The standard InChI is InChI=1S/C24H20/c1-2-18-13-15-23(20-11-7-4-8-12-20)24-17-21(14-16-22(18)24)19-9-5-3-6-10-19/h3-17H,2H2,1H3. The normalized spacial score (nSPS) is 10.9. The van der Waals surface area contributed by atoms with E-state index in [0.29, 0.717) is 0 Å². The van der Waals surface area contributed by atoms with Gasteiger partial charge in [0.2, 0.25) is 0 Å². The van der Waals surface area contributed by atoms with Crippen LogP contribution in [0.5, 0.6) is 0 Å². The van der Waals surface area contributed by atoms with Gasteiger partial charge in [-0.05, 0) is 51.1 Å². The average molecular weight is 308 g/mol. The number of fused-ring (bicyclic) bond motifs is 1. The van der Waals surface area contributed by atoms with Crippen LogP contribution in [0.1, 0.15) is 12.5 Å². The first kappa shape index (κ1) is 14.7. The van der Waals surface area contributed by atoms with Gasteiger partial charge in [0.25, 0.3) is 0 Å². The predicted molar refractivity (Wildman–Crippen MR) is 104 cm³/mol. The number of benzene rings is 4. The molecule has 0 saturated heterocycles. The van der Waals surface area contributed by atoms with Crippen LogP contribution in [0.25, 0.3) is 33.0 Å². The van der Waals surface area contributed by atoms with Gasteiger partial charge in [-0.25, -0.2) is 0 Å². The van der Waals surface area contributed by atoms with Crippen molar-refractivity contribution in [3.05, 3.63) is 96.6 Å². The molecule has 0 aliphatic rings. The van der Waals surface area contributed by atoms with Crippen LogP contribution in [0.4, 0.5) is 0 Å². The van der Waals surface area contributed by atoms with Crippen molar-refractivity contribution in [2.75, 3.05) is 0 Å². The van der Waals surface area contributed by atoms with E-state index in [1.54, 1.807) is 0 Å². The van der Waals surface area contributed by atoms with Crippen LogP contribution in [-0.4, -0.2) is 0 Å². The van der Waals surface area contributed by atoms with Crippen molar-refractivity contribution in [1.29, 1.82) is 0 Å². The van der Waals surface area contributed by atoms with Crippen LogP contribution in [0.3, 0.4) is 0 Å². The van der Waals surface area contributed by atoms with Crippen LogP contribution in [0.2, 0.25) is 0 Å². The maximum absolute atomic E-state index is 2.34. The molecule has 0 aliphatic carbocycles. The molecule has 0 bridgehead atoms. The number of hydrogen-bond donors (Lipinski definition) is 0. The van der Waals surface area contributed by atoms with Gasteiger partial charge in [0.05, 0.1) is 0 Å². The second-order valence-corrected chi connectivity index (χ2v) is 6.12. The van der Waals surface area contributed by atoms with E-state index in [1.165, 1.54) is 38.6 Å². The molecule has 0 atom stereocenters. The number of rotatable bonds is 3.